The Balaban J connectivity index is 0. The molecular weight excluding hydrogens is 303 g/mol. The van der Waals surface area contributed by atoms with E-state index in [1.54, 1.807) is 0 Å². The van der Waals surface area contributed by atoms with E-state index in [2.05, 4.69) is 9.88 Å². The van der Waals surface area contributed by atoms with Crippen LogP contribution in [0.2, 0.25) is 9.88 Å². The van der Waals surface area contributed by atoms with E-state index >= 15 is 0 Å². The van der Waals surface area contributed by atoms with Gasteiger partial charge in [0.1, 0.15) is 0 Å². The van der Waals surface area contributed by atoms with Gasteiger partial charge in [0, 0.05) is 0 Å². The van der Waals surface area contributed by atoms with Crippen molar-refractivity contribution >= 4 is 39.4 Å². The van der Waals surface area contributed by atoms with Gasteiger partial charge in [-0.15, -0.1) is 0 Å². The maximum atomic E-state index is 9.20. The average Bonchev–Trinajstić information content (AvgIpc) is 1.60. The predicted octanol–water partition coefficient (Wildman–Crippen LogP) is -1.22. The standard InChI is InChI=1S/2CH3.H2O6S2.Sn/c;;1-7(2,3)8(4,5)6;/h2*1H3;(H,1,2,3)(H,4,5,6);/q;;;+2/p-2. The second-order valence-corrected chi connectivity index (χ2v) is 8.25. The van der Waals surface area contributed by atoms with Crippen molar-refractivity contribution in [1.29, 1.82) is 0 Å². The van der Waals surface area contributed by atoms with E-state index in [0.717, 1.165) is 0 Å². The third kappa shape index (κ3) is 8.53. The van der Waals surface area contributed by atoms with E-state index in [9.17, 15) is 25.9 Å². The summed E-state index contributed by atoms with van der Waals surface area (Å²) in [5.74, 6) is 0. The van der Waals surface area contributed by atoms with Crippen LogP contribution < -0.4 is 0 Å². The molecule has 0 saturated heterocycles. The zero-order valence-corrected chi connectivity index (χ0v) is 10.3. The summed E-state index contributed by atoms with van der Waals surface area (Å²) in [4.78, 5) is 4.59. The molecule has 0 aromatic carbocycles. The van der Waals surface area contributed by atoms with E-state index in [4.69, 9.17) is 0 Å². The zero-order valence-electron chi connectivity index (χ0n) is 5.77. The Bertz CT molecular complexity index is 244. The summed E-state index contributed by atoms with van der Waals surface area (Å²) < 4.78 is 55.2. The summed E-state index contributed by atoms with van der Waals surface area (Å²) >= 11 is 0.230. The van der Waals surface area contributed by atoms with Crippen LogP contribution in [-0.2, 0) is 18.3 Å². The molecule has 0 aliphatic carbocycles. The molecule has 11 heavy (non-hydrogen) atoms. The monoisotopic (exact) mass is 310 g/mol. The van der Waals surface area contributed by atoms with Crippen LogP contribution in [0.4, 0.5) is 0 Å². The molecule has 0 aromatic heterocycles. The van der Waals surface area contributed by atoms with Crippen LogP contribution in [-0.4, -0.2) is 47.1 Å². The number of hydrogen-bond donors (Lipinski definition) is 0. The molecule has 0 bridgehead atoms. The molecule has 9 heteroatoms. The molecule has 0 unspecified atom stereocenters. The number of rotatable bonds is 1. The molecule has 0 spiro atoms. The van der Waals surface area contributed by atoms with Crippen LogP contribution in [0.25, 0.3) is 0 Å². The summed E-state index contributed by atoms with van der Waals surface area (Å²) in [6, 6.07) is 0. The first-order valence-corrected chi connectivity index (χ1v) is 11.2. The van der Waals surface area contributed by atoms with E-state index < -0.39 is 18.3 Å². The molecule has 0 rings (SSSR count). The van der Waals surface area contributed by atoms with Crippen molar-refractivity contribution in [2.24, 2.45) is 0 Å². The fraction of sp³-hybridized carbons (Fsp3) is 1.00. The quantitative estimate of drug-likeness (QED) is 0.341. The second-order valence-electron chi connectivity index (χ2n) is 1.32. The van der Waals surface area contributed by atoms with Crippen molar-refractivity contribution in [3.63, 3.8) is 0 Å². The summed E-state index contributed by atoms with van der Waals surface area (Å²) in [5, 5.41) is 0. The first-order chi connectivity index (χ1) is 4.66. The third-order valence-corrected chi connectivity index (χ3v) is 2.25. The van der Waals surface area contributed by atoms with Crippen LogP contribution >= 0.6 is 0 Å². The fourth-order valence-electron chi connectivity index (χ4n) is 0. The molecule has 6 nitrogen and oxygen atoms in total. The van der Waals surface area contributed by atoms with Crippen molar-refractivity contribution in [3.8, 4) is 0 Å². The minimum absolute atomic E-state index is 0.230. The predicted molar refractivity (Wildman–Crippen MR) is 36.9 cm³/mol. The third-order valence-electron chi connectivity index (χ3n) is 0.250. The zero-order chi connectivity index (χ0) is 9.71. The second kappa shape index (κ2) is 5.30. The number of hydrogen-bond acceptors (Lipinski definition) is 6. The van der Waals surface area contributed by atoms with E-state index in [-0.39, 0.29) is 21.1 Å². The van der Waals surface area contributed by atoms with Crippen LogP contribution in [0.15, 0.2) is 0 Å². The SMILES string of the molecule is O=S(=O)([O-])S(=O)(=O)[O-].[CH3][Sn+2][CH3]. The van der Waals surface area contributed by atoms with Gasteiger partial charge >= 0.3 is 31.0 Å². The van der Waals surface area contributed by atoms with Gasteiger partial charge in [-0.25, -0.2) is 16.8 Å². The van der Waals surface area contributed by atoms with Crippen molar-refractivity contribution < 1.29 is 25.9 Å². The van der Waals surface area contributed by atoms with E-state index in [1.165, 1.54) is 0 Å². The Hall–Kier alpha value is 0.619. The summed E-state index contributed by atoms with van der Waals surface area (Å²) in [6.45, 7) is 0. The Labute approximate surface area is 75.1 Å². The minimum atomic E-state index is -5.67. The van der Waals surface area contributed by atoms with E-state index in [0.29, 0.717) is 0 Å². The van der Waals surface area contributed by atoms with Gasteiger partial charge in [-0.1, -0.05) is 0 Å². The van der Waals surface area contributed by atoms with Gasteiger partial charge in [-0.05, 0) is 0 Å². The molecule has 0 saturated carbocycles. The Morgan fingerprint density at radius 3 is 1.00 bits per heavy atom. The molecule has 0 amide bonds. The van der Waals surface area contributed by atoms with Crippen molar-refractivity contribution in [1.82, 2.24) is 0 Å². The first-order valence-electron chi connectivity index (χ1n) is 2.17. The van der Waals surface area contributed by atoms with Gasteiger partial charge < -0.3 is 9.11 Å². The van der Waals surface area contributed by atoms with Gasteiger partial charge in [0.05, 0.1) is 0 Å². The molecule has 0 heterocycles. The molecule has 66 valence electrons. The Morgan fingerprint density at radius 2 is 1.00 bits per heavy atom. The Kier molecular flexibility index (Phi) is 6.82. The molecule has 0 aliphatic heterocycles. The molecule has 0 atom stereocenters. The van der Waals surface area contributed by atoms with Crippen molar-refractivity contribution in [2.45, 2.75) is 9.88 Å². The molecule has 0 N–H and O–H groups in total. The molecule has 0 fully saturated rings. The molecule has 0 aliphatic rings. The summed E-state index contributed by atoms with van der Waals surface area (Å²) in [7, 11) is -11.3. The van der Waals surface area contributed by atoms with Gasteiger partial charge in [0.15, 0.2) is 18.3 Å². The summed E-state index contributed by atoms with van der Waals surface area (Å²) in [5.41, 5.74) is 0. The van der Waals surface area contributed by atoms with Gasteiger partial charge in [-0.3, -0.25) is 0 Å². The van der Waals surface area contributed by atoms with Crippen LogP contribution in [0.5, 0.6) is 0 Å². The van der Waals surface area contributed by atoms with E-state index in [1.807, 2.05) is 0 Å². The van der Waals surface area contributed by atoms with Gasteiger partial charge in [0.2, 0.25) is 0 Å². The molecule has 0 radical (unpaired) electrons. The normalized spacial score (nSPS) is 10.9. The van der Waals surface area contributed by atoms with Crippen LogP contribution in [0.3, 0.4) is 0 Å². The van der Waals surface area contributed by atoms with Crippen LogP contribution in [0, 0.1) is 0 Å². The van der Waals surface area contributed by atoms with Gasteiger partial charge in [0.25, 0.3) is 0 Å². The van der Waals surface area contributed by atoms with Crippen LogP contribution in [0.1, 0.15) is 0 Å². The summed E-state index contributed by atoms with van der Waals surface area (Å²) in [6.07, 6.45) is 0. The Morgan fingerprint density at radius 1 is 0.909 bits per heavy atom. The maximum absolute atomic E-state index is 9.20. The molecular formula is C2H6O6S2Sn. The first kappa shape index (κ1) is 14.2. The fourth-order valence-corrected chi connectivity index (χ4v) is 0. The molecule has 0 aromatic rings. The topological polar surface area (TPSA) is 114 Å². The van der Waals surface area contributed by atoms with Gasteiger partial charge in [-0.2, -0.15) is 0 Å². The average molecular weight is 309 g/mol. The van der Waals surface area contributed by atoms with Crippen molar-refractivity contribution in [2.75, 3.05) is 0 Å². The van der Waals surface area contributed by atoms with Crippen molar-refractivity contribution in [3.05, 3.63) is 0 Å².